The predicted molar refractivity (Wildman–Crippen MR) is 200 cm³/mol. The minimum Gasteiger partial charge on any atom is -0.395 e. The number of piperazine rings is 1. The first-order valence-electron chi connectivity index (χ1n) is 18.8. The molecule has 0 unspecified atom stereocenters. The van der Waals surface area contributed by atoms with E-state index >= 15 is 0 Å². The van der Waals surface area contributed by atoms with E-state index in [4.69, 9.17) is 0 Å². The Kier molecular flexibility index (Phi) is 10.0. The molecule has 5 aromatic rings. The zero-order chi connectivity index (χ0) is 36.5. The van der Waals surface area contributed by atoms with Crippen molar-refractivity contribution in [3.05, 3.63) is 111 Å². The van der Waals surface area contributed by atoms with Gasteiger partial charge in [0.05, 0.1) is 23.9 Å². The molecule has 1 aliphatic carbocycles. The van der Waals surface area contributed by atoms with Crippen LogP contribution < -0.4 is 16.6 Å². The summed E-state index contributed by atoms with van der Waals surface area (Å²) in [4.78, 5) is 54.8. The third-order valence-corrected chi connectivity index (χ3v) is 11.1. The molecular formula is C40H45FN8O4. The first-order valence-corrected chi connectivity index (χ1v) is 18.8. The minimum atomic E-state index is -0.653. The van der Waals surface area contributed by atoms with E-state index in [1.54, 1.807) is 6.07 Å². The van der Waals surface area contributed by atoms with Crippen molar-refractivity contribution >= 4 is 16.9 Å². The van der Waals surface area contributed by atoms with Crippen molar-refractivity contribution in [1.82, 2.24) is 38.8 Å². The Labute approximate surface area is 306 Å². The maximum Gasteiger partial charge on any atom is 0.337 e. The summed E-state index contributed by atoms with van der Waals surface area (Å²) in [5.41, 5.74) is 3.04. The molecule has 0 radical (unpaired) electrons. The number of nitrogens with zero attached hydrogens (tertiary/aromatic N) is 7. The Bertz CT molecular complexity index is 2210. The summed E-state index contributed by atoms with van der Waals surface area (Å²) >= 11 is 0. The molecule has 12 nitrogen and oxygen atoms in total. The molecule has 5 heterocycles. The lowest BCUT2D eigenvalue weighted by atomic mass is 9.90. The highest BCUT2D eigenvalue weighted by molar-refractivity contribution is 5.92. The average Bonchev–Trinajstić information content (AvgIpc) is 3.62. The minimum absolute atomic E-state index is 0.0377. The second kappa shape index (κ2) is 15.2. The number of amides is 1. The molecule has 3 aromatic heterocycles. The molecule has 3 aliphatic rings. The van der Waals surface area contributed by atoms with Gasteiger partial charge in [-0.25, -0.2) is 23.7 Å². The number of aliphatic hydroxyl groups excluding tert-OH is 1. The molecule has 2 N–H and O–H groups in total. The molecule has 1 saturated heterocycles. The van der Waals surface area contributed by atoms with Gasteiger partial charge in [0.1, 0.15) is 17.3 Å². The topological polar surface area (TPSA) is 131 Å². The number of fused-ring (bicyclic) bond motifs is 2. The van der Waals surface area contributed by atoms with Crippen LogP contribution in [-0.2, 0) is 19.5 Å². The molecule has 276 valence electrons. The van der Waals surface area contributed by atoms with E-state index in [9.17, 15) is 23.9 Å². The smallest absolute Gasteiger partial charge is 0.337 e. The first kappa shape index (κ1) is 35.1. The zero-order valence-electron chi connectivity index (χ0n) is 29.8. The normalized spacial score (nSPS) is 19.7. The maximum atomic E-state index is 14.6. The second-order valence-electron chi connectivity index (χ2n) is 14.6. The van der Waals surface area contributed by atoms with E-state index in [0.29, 0.717) is 43.6 Å². The van der Waals surface area contributed by atoms with Crippen LogP contribution in [0.2, 0.25) is 0 Å². The number of carbonyl (C=O) groups is 1. The number of β-amino-alcohol motifs (C(OH)–C–C–N with tert-alkyl or cyclic N) is 1. The quantitative estimate of drug-likeness (QED) is 0.235. The molecule has 0 bridgehead atoms. The summed E-state index contributed by atoms with van der Waals surface area (Å²) in [6.07, 6.45) is 8.06. The molecule has 2 fully saturated rings. The van der Waals surface area contributed by atoms with Gasteiger partial charge >= 0.3 is 5.69 Å². The van der Waals surface area contributed by atoms with Crippen LogP contribution in [0.25, 0.3) is 27.8 Å². The summed E-state index contributed by atoms with van der Waals surface area (Å²) in [5, 5.41) is 12.4. The van der Waals surface area contributed by atoms with Gasteiger partial charge in [-0.05, 0) is 73.4 Å². The highest BCUT2D eigenvalue weighted by Gasteiger charge is 2.29. The van der Waals surface area contributed by atoms with Crippen molar-refractivity contribution in [3.63, 3.8) is 0 Å². The van der Waals surface area contributed by atoms with E-state index in [1.165, 1.54) is 14.7 Å². The largest absolute Gasteiger partial charge is 0.395 e. The average molecular weight is 721 g/mol. The number of halogens is 1. The third-order valence-electron chi connectivity index (χ3n) is 11.1. The summed E-state index contributed by atoms with van der Waals surface area (Å²) in [6.45, 7) is 6.43. The summed E-state index contributed by atoms with van der Waals surface area (Å²) < 4.78 is 19.3. The third kappa shape index (κ3) is 7.33. The highest BCUT2D eigenvalue weighted by Crippen LogP contribution is 2.29. The van der Waals surface area contributed by atoms with Crippen molar-refractivity contribution in [2.24, 2.45) is 0 Å². The van der Waals surface area contributed by atoms with E-state index in [0.717, 1.165) is 87.7 Å². The lowest BCUT2D eigenvalue weighted by Gasteiger charge is -2.34. The van der Waals surface area contributed by atoms with Gasteiger partial charge in [-0.2, -0.15) is 0 Å². The van der Waals surface area contributed by atoms with Gasteiger partial charge in [-0.1, -0.05) is 36.4 Å². The van der Waals surface area contributed by atoms with E-state index in [2.05, 4.69) is 53.9 Å². The van der Waals surface area contributed by atoms with Crippen LogP contribution in [-0.4, -0.2) is 89.9 Å². The van der Waals surface area contributed by atoms with Crippen LogP contribution >= 0.6 is 0 Å². The van der Waals surface area contributed by atoms with Crippen LogP contribution in [0.3, 0.4) is 0 Å². The van der Waals surface area contributed by atoms with Gasteiger partial charge in [-0.3, -0.25) is 24.0 Å². The molecule has 13 heteroatoms. The van der Waals surface area contributed by atoms with Crippen molar-refractivity contribution in [3.8, 4) is 16.8 Å². The lowest BCUT2D eigenvalue weighted by molar-refractivity contribution is 0.0917. The molecular weight excluding hydrogens is 675 g/mol. The van der Waals surface area contributed by atoms with E-state index in [1.807, 2.05) is 24.4 Å². The van der Waals surface area contributed by atoms with Crippen LogP contribution in [0.15, 0.2) is 76.6 Å². The Balaban J connectivity index is 1.02. The van der Waals surface area contributed by atoms with Crippen molar-refractivity contribution in [2.45, 2.75) is 70.1 Å². The number of aromatic nitrogens is 5. The number of imidazole rings is 1. The number of rotatable bonds is 9. The van der Waals surface area contributed by atoms with Crippen molar-refractivity contribution < 1.29 is 14.3 Å². The molecule has 53 heavy (non-hydrogen) atoms. The SMILES string of the molecule is O=C(NC1CCC(n2c(=O)c3cc(F)cnc3n(-c3cccc(-c4ccc(CN5CCN(CCO)CC5)cc4)c3)c2=O)CC1)c1cn2c(n1)CCCC2. The van der Waals surface area contributed by atoms with Gasteiger partial charge in [0.15, 0.2) is 5.65 Å². The molecule has 8 rings (SSSR count). The number of hydrogen-bond donors (Lipinski definition) is 2. The van der Waals surface area contributed by atoms with E-state index < -0.39 is 23.1 Å². The molecule has 1 saturated carbocycles. The summed E-state index contributed by atoms with van der Waals surface area (Å²) in [7, 11) is 0. The lowest BCUT2D eigenvalue weighted by Crippen LogP contribution is -2.46. The molecule has 1 amide bonds. The number of carbonyl (C=O) groups excluding carboxylic acids is 1. The fourth-order valence-corrected chi connectivity index (χ4v) is 8.19. The fraction of sp³-hybridized carbons (Fsp3) is 0.425. The maximum absolute atomic E-state index is 14.6. The second-order valence-corrected chi connectivity index (χ2v) is 14.6. The van der Waals surface area contributed by atoms with Crippen LogP contribution in [0.4, 0.5) is 4.39 Å². The van der Waals surface area contributed by atoms with Crippen LogP contribution in [0.1, 0.15) is 66.4 Å². The Morgan fingerprint density at radius 2 is 1.68 bits per heavy atom. The van der Waals surface area contributed by atoms with Gasteiger partial charge in [-0.15, -0.1) is 0 Å². The number of nitrogens with one attached hydrogen (secondary N) is 1. The van der Waals surface area contributed by atoms with Gasteiger partial charge < -0.3 is 15.0 Å². The summed E-state index contributed by atoms with van der Waals surface area (Å²) in [5.74, 6) is 0.0903. The number of aliphatic hydroxyl groups is 1. The Morgan fingerprint density at radius 3 is 2.43 bits per heavy atom. The number of pyridine rings is 1. The van der Waals surface area contributed by atoms with Gasteiger partial charge in [0.2, 0.25) is 0 Å². The number of aryl methyl sites for hydroxylation is 2. The van der Waals surface area contributed by atoms with Crippen LogP contribution in [0, 0.1) is 5.82 Å². The van der Waals surface area contributed by atoms with E-state index in [-0.39, 0.29) is 29.6 Å². The standard InChI is InChI=1S/C40H45FN8O4/c41-30-23-34-37(42-24-30)48(33-5-3-4-29(22-33)28-9-7-27(8-10-28)25-46-18-16-45(17-19-46)20-21-50)40(53)49(39(34)52)32-13-11-31(12-14-32)43-38(51)35-26-47-15-2-1-6-36(47)44-35/h3-5,7-10,22-24,26,31-32,50H,1-2,6,11-21,25H2,(H,43,51). The summed E-state index contributed by atoms with van der Waals surface area (Å²) in [6, 6.07) is 16.6. The van der Waals surface area contributed by atoms with Crippen molar-refractivity contribution in [1.29, 1.82) is 0 Å². The monoisotopic (exact) mass is 720 g/mol. The predicted octanol–water partition coefficient (Wildman–Crippen LogP) is 3.91. The molecule has 0 spiro atoms. The zero-order valence-corrected chi connectivity index (χ0v) is 29.8. The van der Waals surface area contributed by atoms with Gasteiger partial charge in [0.25, 0.3) is 11.5 Å². The molecule has 2 aromatic carbocycles. The fourth-order valence-electron chi connectivity index (χ4n) is 8.19. The molecule has 0 atom stereocenters. The Hall–Kier alpha value is -4.98. The first-order chi connectivity index (χ1) is 25.8. The Morgan fingerprint density at radius 1 is 0.906 bits per heavy atom. The number of benzene rings is 2. The van der Waals surface area contributed by atoms with Gasteiger partial charge in [0, 0.05) is 70.5 Å². The number of hydrogen-bond acceptors (Lipinski definition) is 8. The molecule has 2 aliphatic heterocycles. The van der Waals surface area contributed by atoms with Crippen LogP contribution in [0.5, 0.6) is 0 Å². The highest BCUT2D eigenvalue weighted by atomic mass is 19.1. The van der Waals surface area contributed by atoms with Crippen molar-refractivity contribution in [2.75, 3.05) is 39.3 Å².